The third kappa shape index (κ3) is 6.24. The summed E-state index contributed by atoms with van der Waals surface area (Å²) in [7, 11) is -3.63. The van der Waals surface area contributed by atoms with Crippen LogP contribution in [-0.2, 0) is 10.2 Å². The van der Waals surface area contributed by atoms with Crippen LogP contribution in [-0.4, -0.2) is 26.7 Å². The minimum Gasteiger partial charge on any atom is -0.396 e. The lowest BCUT2D eigenvalue weighted by Gasteiger charge is -2.20. The van der Waals surface area contributed by atoms with Gasteiger partial charge in [0.15, 0.2) is 0 Å². The highest BCUT2D eigenvalue weighted by Gasteiger charge is 2.17. The molecule has 0 heterocycles. The Morgan fingerprint density at radius 1 is 1.55 bits per heavy atom. The zero-order chi connectivity index (χ0) is 9.12. The highest BCUT2D eigenvalue weighted by atomic mass is 32.2. The first-order valence-corrected chi connectivity index (χ1v) is 4.70. The minimum atomic E-state index is -3.63. The van der Waals surface area contributed by atoms with Crippen molar-refractivity contribution in [1.82, 2.24) is 4.72 Å². The van der Waals surface area contributed by atoms with Crippen molar-refractivity contribution in [2.45, 2.75) is 13.8 Å². The Labute approximate surface area is 66.8 Å². The van der Waals surface area contributed by atoms with Gasteiger partial charge in [-0.1, -0.05) is 13.8 Å². The Morgan fingerprint density at radius 3 is 2.27 bits per heavy atom. The summed E-state index contributed by atoms with van der Waals surface area (Å²) >= 11 is 0. The summed E-state index contributed by atoms with van der Waals surface area (Å²) in [4.78, 5) is 0. The number of nitrogens with one attached hydrogen (secondary N) is 1. The molecule has 0 aromatic heterocycles. The molecule has 6 heteroatoms. The molecule has 0 aliphatic carbocycles. The molecule has 4 N–H and O–H groups in total. The van der Waals surface area contributed by atoms with Gasteiger partial charge in [-0.3, -0.25) is 0 Å². The molecule has 0 bridgehead atoms. The molecule has 0 aromatic rings. The van der Waals surface area contributed by atoms with Crippen LogP contribution >= 0.6 is 0 Å². The van der Waals surface area contributed by atoms with Gasteiger partial charge in [0, 0.05) is 18.6 Å². The van der Waals surface area contributed by atoms with Crippen molar-refractivity contribution in [3.63, 3.8) is 0 Å². The first-order valence-electron chi connectivity index (χ1n) is 3.15. The van der Waals surface area contributed by atoms with E-state index in [0.29, 0.717) is 0 Å². The van der Waals surface area contributed by atoms with E-state index in [0.717, 1.165) is 0 Å². The van der Waals surface area contributed by atoms with E-state index < -0.39 is 15.6 Å². The van der Waals surface area contributed by atoms with Crippen LogP contribution < -0.4 is 9.86 Å². The summed E-state index contributed by atoms with van der Waals surface area (Å²) in [6.07, 6.45) is 0. The van der Waals surface area contributed by atoms with E-state index in [4.69, 9.17) is 5.11 Å². The number of nitrogens with two attached hydrogens (primary N) is 1. The van der Waals surface area contributed by atoms with Gasteiger partial charge in [0.05, 0.1) is 0 Å². The molecule has 0 amide bonds. The third-order valence-electron chi connectivity index (χ3n) is 1.18. The van der Waals surface area contributed by atoms with E-state index in [9.17, 15) is 8.42 Å². The highest BCUT2D eigenvalue weighted by Crippen LogP contribution is 2.10. The van der Waals surface area contributed by atoms with Crippen molar-refractivity contribution in [1.29, 1.82) is 0 Å². The Morgan fingerprint density at radius 2 is 2.00 bits per heavy atom. The average molecular weight is 182 g/mol. The monoisotopic (exact) mass is 182 g/mol. The molecule has 0 spiro atoms. The van der Waals surface area contributed by atoms with Gasteiger partial charge in [0.2, 0.25) is 0 Å². The van der Waals surface area contributed by atoms with Gasteiger partial charge >= 0.3 is 0 Å². The van der Waals surface area contributed by atoms with Gasteiger partial charge in [-0.15, -0.1) is 0 Å². The lowest BCUT2D eigenvalue weighted by Crippen LogP contribution is -2.39. The van der Waals surface area contributed by atoms with Crippen molar-refractivity contribution in [2.24, 2.45) is 10.6 Å². The predicted octanol–water partition coefficient (Wildman–Crippen LogP) is -1.20. The summed E-state index contributed by atoms with van der Waals surface area (Å²) in [5, 5.41) is 13.4. The van der Waals surface area contributed by atoms with Crippen molar-refractivity contribution in [3.8, 4) is 0 Å². The SMILES string of the molecule is CC(C)(CO)CNS(N)(=O)=O. The molecule has 0 radical (unpaired) electrons. The van der Waals surface area contributed by atoms with Crippen molar-refractivity contribution in [2.75, 3.05) is 13.2 Å². The van der Waals surface area contributed by atoms with E-state index >= 15 is 0 Å². The smallest absolute Gasteiger partial charge is 0.274 e. The lowest BCUT2D eigenvalue weighted by atomic mass is 9.96. The zero-order valence-corrected chi connectivity index (χ0v) is 7.48. The van der Waals surface area contributed by atoms with Crippen LogP contribution in [0.15, 0.2) is 0 Å². The molecule has 0 atom stereocenters. The fourth-order valence-electron chi connectivity index (χ4n) is 0.352. The predicted molar refractivity (Wildman–Crippen MR) is 42.0 cm³/mol. The van der Waals surface area contributed by atoms with E-state index in [1.54, 1.807) is 13.8 Å². The molecule has 0 fully saturated rings. The molecule has 0 rings (SSSR count). The van der Waals surface area contributed by atoms with Gasteiger partial charge < -0.3 is 5.11 Å². The minimum absolute atomic E-state index is 0.0878. The molecule has 0 aliphatic rings. The summed E-state index contributed by atoms with van der Waals surface area (Å²) < 4.78 is 22.9. The molecule has 11 heavy (non-hydrogen) atoms. The Hall–Kier alpha value is -0.170. The summed E-state index contributed by atoms with van der Waals surface area (Å²) in [5.74, 6) is 0. The van der Waals surface area contributed by atoms with Gasteiger partial charge in [0.1, 0.15) is 0 Å². The molecule has 0 aromatic carbocycles. The van der Waals surface area contributed by atoms with E-state index in [1.165, 1.54) is 0 Å². The molecule has 0 saturated carbocycles. The molecule has 68 valence electrons. The van der Waals surface area contributed by atoms with Gasteiger partial charge in [-0.05, 0) is 0 Å². The van der Waals surface area contributed by atoms with Crippen LogP contribution in [0.1, 0.15) is 13.8 Å². The highest BCUT2D eigenvalue weighted by molar-refractivity contribution is 7.87. The molecule has 0 saturated heterocycles. The first-order chi connectivity index (χ1) is 4.77. The Bertz CT molecular complexity index is 210. The van der Waals surface area contributed by atoms with Crippen molar-refractivity contribution < 1.29 is 13.5 Å². The zero-order valence-electron chi connectivity index (χ0n) is 6.66. The molecule has 0 aliphatic heterocycles. The lowest BCUT2D eigenvalue weighted by molar-refractivity contribution is 0.163. The van der Waals surface area contributed by atoms with Gasteiger partial charge in [-0.2, -0.15) is 8.42 Å². The molecule has 0 unspecified atom stereocenters. The van der Waals surface area contributed by atoms with Crippen LogP contribution in [0.3, 0.4) is 0 Å². The maximum atomic E-state index is 10.4. The van der Waals surface area contributed by atoms with E-state index in [-0.39, 0.29) is 13.2 Å². The fourth-order valence-corrected chi connectivity index (χ4v) is 0.944. The fraction of sp³-hybridized carbons (Fsp3) is 1.00. The number of hydrogen-bond acceptors (Lipinski definition) is 3. The Balaban J connectivity index is 3.90. The standard InChI is InChI=1S/C5H14N2O3S/c1-5(2,4-8)3-7-11(6,9)10/h7-8H,3-4H2,1-2H3,(H2,6,9,10). The maximum Gasteiger partial charge on any atom is 0.274 e. The van der Waals surface area contributed by atoms with Crippen LogP contribution in [0.25, 0.3) is 0 Å². The van der Waals surface area contributed by atoms with Crippen molar-refractivity contribution in [3.05, 3.63) is 0 Å². The largest absolute Gasteiger partial charge is 0.396 e. The van der Waals surface area contributed by atoms with Crippen LogP contribution in [0.4, 0.5) is 0 Å². The summed E-state index contributed by atoms with van der Waals surface area (Å²) in [5.41, 5.74) is -0.466. The first kappa shape index (κ1) is 10.8. The molecular formula is C5H14N2O3S. The van der Waals surface area contributed by atoms with Crippen molar-refractivity contribution >= 4 is 10.2 Å². The second-order valence-corrected chi connectivity index (χ2v) is 4.57. The third-order valence-corrected chi connectivity index (χ3v) is 1.73. The average Bonchev–Trinajstić information content (AvgIpc) is 1.83. The van der Waals surface area contributed by atoms with Gasteiger partial charge in [-0.25, -0.2) is 9.86 Å². The number of aliphatic hydroxyl groups excluding tert-OH is 1. The second kappa shape index (κ2) is 3.48. The quantitative estimate of drug-likeness (QED) is 0.510. The van der Waals surface area contributed by atoms with E-state index in [1.807, 2.05) is 0 Å². The Kier molecular flexibility index (Phi) is 3.43. The number of hydrogen-bond donors (Lipinski definition) is 3. The molecular weight excluding hydrogens is 168 g/mol. The summed E-state index contributed by atoms with van der Waals surface area (Å²) in [6.45, 7) is 3.51. The van der Waals surface area contributed by atoms with Gasteiger partial charge in [0.25, 0.3) is 10.2 Å². The molecule has 5 nitrogen and oxygen atoms in total. The maximum absolute atomic E-state index is 10.4. The summed E-state index contributed by atoms with van der Waals surface area (Å²) in [6, 6.07) is 0. The number of aliphatic hydroxyl groups is 1. The van der Waals surface area contributed by atoms with E-state index in [2.05, 4.69) is 9.86 Å². The number of rotatable bonds is 4. The normalized spacial score (nSPS) is 13.5. The topological polar surface area (TPSA) is 92.4 Å². The second-order valence-electron chi connectivity index (χ2n) is 3.19. The van der Waals surface area contributed by atoms with Crippen LogP contribution in [0.5, 0.6) is 0 Å². The van der Waals surface area contributed by atoms with Crippen LogP contribution in [0, 0.1) is 5.41 Å². The van der Waals surface area contributed by atoms with Crippen LogP contribution in [0.2, 0.25) is 0 Å².